The molecule has 0 aliphatic heterocycles. The molecule has 1 aromatic heterocycles. The van der Waals surface area contributed by atoms with Gasteiger partial charge in [-0.1, -0.05) is 39.0 Å². The predicted molar refractivity (Wildman–Crippen MR) is 93.0 cm³/mol. The van der Waals surface area contributed by atoms with Crippen LogP contribution >= 0.6 is 0 Å². The number of benzene rings is 1. The first kappa shape index (κ1) is 15.8. The summed E-state index contributed by atoms with van der Waals surface area (Å²) in [5.74, 6) is 0.764. The molecule has 0 amide bonds. The normalized spacial score (nSPS) is 14.6. The van der Waals surface area contributed by atoms with Crippen molar-refractivity contribution < 1.29 is 4.74 Å². The molecule has 0 unspecified atom stereocenters. The van der Waals surface area contributed by atoms with Crippen molar-refractivity contribution in [1.29, 1.82) is 0 Å². The lowest BCUT2D eigenvalue weighted by Crippen LogP contribution is -2.13. The highest BCUT2D eigenvalue weighted by atomic mass is 16.5. The molecule has 1 aromatic carbocycles. The van der Waals surface area contributed by atoms with Crippen LogP contribution < -0.4 is 10.1 Å². The summed E-state index contributed by atoms with van der Waals surface area (Å²) in [5.41, 5.74) is 5.28. The van der Waals surface area contributed by atoms with Crippen molar-refractivity contribution in [2.24, 2.45) is 0 Å². The van der Waals surface area contributed by atoms with Gasteiger partial charge < -0.3 is 10.1 Å². The first-order valence-electron chi connectivity index (χ1n) is 8.20. The average Bonchev–Trinajstić information content (AvgIpc) is 3.37. The number of aromatic nitrogens is 2. The number of methoxy groups -OCH3 is 1. The topological polar surface area (TPSA) is 47.0 Å². The Hall–Kier alpha value is -2.10. The van der Waals surface area contributed by atoms with Gasteiger partial charge in [-0.05, 0) is 40.9 Å². The number of rotatable bonds is 5. The molecule has 2 aromatic rings. The molecule has 0 atom stereocenters. The lowest BCUT2D eigenvalue weighted by Gasteiger charge is -2.21. The Morgan fingerprint density at radius 1 is 1.13 bits per heavy atom. The molecule has 4 heteroatoms. The third-order valence-electron chi connectivity index (χ3n) is 4.24. The highest BCUT2D eigenvalue weighted by molar-refractivity contribution is 5.42. The number of hydrogen-bond donors (Lipinski definition) is 1. The van der Waals surface area contributed by atoms with Crippen LogP contribution in [0.15, 0.2) is 30.6 Å². The zero-order valence-corrected chi connectivity index (χ0v) is 14.4. The van der Waals surface area contributed by atoms with E-state index in [1.54, 1.807) is 19.5 Å². The molecule has 1 aliphatic rings. The van der Waals surface area contributed by atoms with Crippen LogP contribution in [-0.2, 0) is 12.0 Å². The first-order chi connectivity index (χ1) is 11.0. The van der Waals surface area contributed by atoms with E-state index in [0.717, 1.165) is 18.2 Å². The lowest BCUT2D eigenvalue weighted by atomic mass is 9.84. The minimum absolute atomic E-state index is 0.170. The van der Waals surface area contributed by atoms with Crippen molar-refractivity contribution in [3.8, 4) is 6.01 Å². The van der Waals surface area contributed by atoms with E-state index >= 15 is 0 Å². The van der Waals surface area contributed by atoms with Gasteiger partial charge in [0.05, 0.1) is 25.2 Å². The van der Waals surface area contributed by atoms with Crippen molar-refractivity contribution in [2.75, 3.05) is 12.4 Å². The van der Waals surface area contributed by atoms with Gasteiger partial charge in [-0.3, -0.25) is 0 Å². The fourth-order valence-electron chi connectivity index (χ4n) is 2.62. The minimum Gasteiger partial charge on any atom is -0.467 e. The summed E-state index contributed by atoms with van der Waals surface area (Å²) in [5, 5.41) is 3.40. The molecule has 0 spiro atoms. The van der Waals surface area contributed by atoms with Crippen LogP contribution in [-0.4, -0.2) is 17.1 Å². The second-order valence-corrected chi connectivity index (χ2v) is 7.30. The minimum atomic E-state index is 0.170. The molecule has 1 aliphatic carbocycles. The summed E-state index contributed by atoms with van der Waals surface area (Å²) < 4.78 is 4.98. The molecule has 23 heavy (non-hydrogen) atoms. The van der Waals surface area contributed by atoms with Crippen molar-refractivity contribution in [1.82, 2.24) is 9.97 Å². The summed E-state index contributed by atoms with van der Waals surface area (Å²) in [6.45, 7) is 7.59. The standard InChI is InChI=1S/C19H25N3O/c1-19(2,3)16-8-13(7-15(9-16)14-5-6-14)10-20-17-11-21-18(23-4)22-12-17/h7-9,11-12,14,20H,5-6,10H2,1-4H3. The van der Waals surface area contributed by atoms with E-state index in [4.69, 9.17) is 4.74 Å². The van der Waals surface area contributed by atoms with E-state index in [1.165, 1.54) is 29.5 Å². The van der Waals surface area contributed by atoms with E-state index in [1.807, 2.05) is 0 Å². The van der Waals surface area contributed by atoms with E-state index in [9.17, 15) is 0 Å². The smallest absolute Gasteiger partial charge is 0.316 e. The van der Waals surface area contributed by atoms with Gasteiger partial charge in [-0.15, -0.1) is 0 Å². The average molecular weight is 311 g/mol. The monoisotopic (exact) mass is 311 g/mol. The zero-order chi connectivity index (χ0) is 16.4. The first-order valence-corrected chi connectivity index (χ1v) is 8.20. The quantitative estimate of drug-likeness (QED) is 0.895. The van der Waals surface area contributed by atoms with Crippen LogP contribution in [0.5, 0.6) is 6.01 Å². The Morgan fingerprint density at radius 3 is 2.39 bits per heavy atom. The number of hydrogen-bond acceptors (Lipinski definition) is 4. The van der Waals surface area contributed by atoms with Crippen molar-refractivity contribution in [3.63, 3.8) is 0 Å². The Labute approximate surface area is 138 Å². The molecule has 122 valence electrons. The van der Waals surface area contributed by atoms with Gasteiger partial charge in [0.2, 0.25) is 0 Å². The van der Waals surface area contributed by atoms with Crippen LogP contribution in [0.4, 0.5) is 5.69 Å². The van der Waals surface area contributed by atoms with Crippen molar-refractivity contribution in [2.45, 2.75) is 51.5 Å². The van der Waals surface area contributed by atoms with Gasteiger partial charge in [0.15, 0.2) is 0 Å². The second kappa shape index (κ2) is 6.19. The second-order valence-electron chi connectivity index (χ2n) is 7.30. The third-order valence-corrected chi connectivity index (χ3v) is 4.24. The van der Waals surface area contributed by atoms with E-state index in [0.29, 0.717) is 6.01 Å². The molecular weight excluding hydrogens is 286 g/mol. The number of anilines is 1. The maximum atomic E-state index is 4.98. The SMILES string of the molecule is COc1ncc(NCc2cc(C3CC3)cc(C(C)(C)C)c2)cn1. The molecule has 1 fully saturated rings. The van der Waals surface area contributed by atoms with Crippen LogP contribution in [0.3, 0.4) is 0 Å². The third kappa shape index (κ3) is 4.01. The van der Waals surface area contributed by atoms with Crippen molar-refractivity contribution in [3.05, 3.63) is 47.3 Å². The molecular formula is C19H25N3O. The fraction of sp³-hybridized carbons (Fsp3) is 0.474. The highest BCUT2D eigenvalue weighted by Gasteiger charge is 2.25. The van der Waals surface area contributed by atoms with Crippen LogP contribution in [0.2, 0.25) is 0 Å². The maximum absolute atomic E-state index is 4.98. The van der Waals surface area contributed by atoms with E-state index in [-0.39, 0.29) is 5.41 Å². The van der Waals surface area contributed by atoms with Gasteiger partial charge >= 0.3 is 6.01 Å². The molecule has 1 heterocycles. The summed E-state index contributed by atoms with van der Waals surface area (Å²) in [6, 6.07) is 7.42. The lowest BCUT2D eigenvalue weighted by molar-refractivity contribution is 0.380. The van der Waals surface area contributed by atoms with Gasteiger partial charge in [-0.2, -0.15) is 0 Å². The molecule has 1 saturated carbocycles. The van der Waals surface area contributed by atoms with Crippen LogP contribution in [0.1, 0.15) is 56.2 Å². The van der Waals surface area contributed by atoms with Gasteiger partial charge in [0.1, 0.15) is 0 Å². The van der Waals surface area contributed by atoms with Gasteiger partial charge in [0.25, 0.3) is 0 Å². The molecule has 0 bridgehead atoms. The fourth-order valence-corrected chi connectivity index (χ4v) is 2.62. The zero-order valence-electron chi connectivity index (χ0n) is 14.4. The predicted octanol–water partition coefficient (Wildman–Crippen LogP) is 4.27. The molecule has 0 saturated heterocycles. The number of ether oxygens (including phenoxy) is 1. The molecule has 4 nitrogen and oxygen atoms in total. The Balaban J connectivity index is 1.76. The van der Waals surface area contributed by atoms with Gasteiger partial charge in [-0.25, -0.2) is 9.97 Å². The van der Waals surface area contributed by atoms with Crippen LogP contribution in [0.25, 0.3) is 0 Å². The van der Waals surface area contributed by atoms with E-state index < -0.39 is 0 Å². The highest BCUT2D eigenvalue weighted by Crippen LogP contribution is 2.41. The maximum Gasteiger partial charge on any atom is 0.316 e. The number of nitrogens with zero attached hydrogens (tertiary/aromatic N) is 2. The molecule has 0 radical (unpaired) electrons. The summed E-state index contributed by atoms with van der Waals surface area (Å²) in [7, 11) is 1.57. The van der Waals surface area contributed by atoms with Crippen molar-refractivity contribution >= 4 is 5.69 Å². The van der Waals surface area contributed by atoms with Crippen LogP contribution in [0, 0.1) is 0 Å². The Kier molecular flexibility index (Phi) is 4.24. The summed E-state index contributed by atoms with van der Waals surface area (Å²) in [4.78, 5) is 8.25. The summed E-state index contributed by atoms with van der Waals surface area (Å²) >= 11 is 0. The van der Waals surface area contributed by atoms with Gasteiger partial charge in [0, 0.05) is 6.54 Å². The number of nitrogens with one attached hydrogen (secondary N) is 1. The molecule has 3 rings (SSSR count). The largest absolute Gasteiger partial charge is 0.467 e. The molecule has 1 N–H and O–H groups in total. The summed E-state index contributed by atoms with van der Waals surface area (Å²) in [6.07, 6.45) is 6.15. The van der Waals surface area contributed by atoms with E-state index in [2.05, 4.69) is 54.3 Å². The Morgan fingerprint density at radius 2 is 1.83 bits per heavy atom. The Bertz CT molecular complexity index is 670.